The van der Waals surface area contributed by atoms with Crippen molar-refractivity contribution < 1.29 is 5.11 Å². The Morgan fingerprint density at radius 2 is 1.67 bits per heavy atom. The van der Waals surface area contributed by atoms with Gasteiger partial charge in [0.1, 0.15) is 0 Å². The van der Waals surface area contributed by atoms with E-state index in [1.165, 1.54) is 37.7 Å². The molecule has 0 spiro atoms. The highest BCUT2D eigenvalue weighted by molar-refractivity contribution is 5.36. The average molecular weight is 245 g/mol. The van der Waals surface area contributed by atoms with Crippen LogP contribution in [0.25, 0.3) is 0 Å². The molecular formula is C16H23NO. The van der Waals surface area contributed by atoms with Crippen LogP contribution in [0.5, 0.6) is 0 Å². The van der Waals surface area contributed by atoms with Crippen molar-refractivity contribution in [1.29, 1.82) is 0 Å². The molecule has 3 N–H and O–H groups in total. The minimum absolute atomic E-state index is 0.166. The molecule has 0 heterocycles. The summed E-state index contributed by atoms with van der Waals surface area (Å²) in [4.78, 5) is 0. The van der Waals surface area contributed by atoms with Gasteiger partial charge in [-0.2, -0.15) is 0 Å². The van der Waals surface area contributed by atoms with Crippen LogP contribution in [0.15, 0.2) is 24.3 Å². The summed E-state index contributed by atoms with van der Waals surface area (Å²) in [5, 5.41) is 10.2. The van der Waals surface area contributed by atoms with Crippen molar-refractivity contribution in [2.24, 2.45) is 5.73 Å². The van der Waals surface area contributed by atoms with Crippen LogP contribution in [0.4, 0.5) is 0 Å². The Kier molecular flexibility index (Phi) is 2.95. The molecule has 0 unspecified atom stereocenters. The Morgan fingerprint density at radius 1 is 1.00 bits per heavy atom. The van der Waals surface area contributed by atoms with E-state index in [2.05, 4.69) is 24.3 Å². The fourth-order valence-electron chi connectivity index (χ4n) is 3.38. The maximum atomic E-state index is 10.2. The van der Waals surface area contributed by atoms with Crippen molar-refractivity contribution >= 4 is 0 Å². The van der Waals surface area contributed by atoms with Crippen LogP contribution in [0, 0.1) is 0 Å². The maximum absolute atomic E-state index is 10.2. The van der Waals surface area contributed by atoms with Crippen molar-refractivity contribution in [3.63, 3.8) is 0 Å². The number of aliphatic hydroxyl groups is 1. The molecule has 2 heteroatoms. The van der Waals surface area contributed by atoms with Crippen molar-refractivity contribution in [1.82, 2.24) is 0 Å². The molecule has 2 aliphatic carbocycles. The summed E-state index contributed by atoms with van der Waals surface area (Å²) in [6, 6.07) is 8.56. The second kappa shape index (κ2) is 4.36. The molecule has 1 aromatic rings. The summed E-state index contributed by atoms with van der Waals surface area (Å²) < 4.78 is 0. The van der Waals surface area contributed by atoms with Gasteiger partial charge in [0.05, 0.1) is 5.60 Å². The van der Waals surface area contributed by atoms with Gasteiger partial charge >= 0.3 is 0 Å². The maximum Gasteiger partial charge on any atom is 0.0899 e. The average Bonchev–Trinajstić information content (AvgIpc) is 3.19. The Labute approximate surface area is 109 Å². The van der Waals surface area contributed by atoms with Crippen molar-refractivity contribution in [3.05, 3.63) is 35.4 Å². The van der Waals surface area contributed by atoms with Crippen LogP contribution < -0.4 is 5.73 Å². The van der Waals surface area contributed by atoms with Gasteiger partial charge in [-0.05, 0) is 36.8 Å². The van der Waals surface area contributed by atoms with E-state index < -0.39 is 5.60 Å². The molecule has 98 valence electrons. The number of hydrogen-bond acceptors (Lipinski definition) is 2. The highest BCUT2D eigenvalue weighted by Crippen LogP contribution is 2.47. The molecule has 0 saturated heterocycles. The van der Waals surface area contributed by atoms with Crippen LogP contribution in [-0.4, -0.2) is 11.7 Å². The highest BCUT2D eigenvalue weighted by Gasteiger charge is 2.43. The summed E-state index contributed by atoms with van der Waals surface area (Å²) in [6.45, 7) is 0.731. The van der Waals surface area contributed by atoms with Crippen LogP contribution in [-0.2, 0) is 11.0 Å². The van der Waals surface area contributed by atoms with E-state index >= 15 is 0 Å². The largest absolute Gasteiger partial charge is 0.385 e. The van der Waals surface area contributed by atoms with Crippen molar-refractivity contribution in [3.8, 4) is 0 Å². The summed E-state index contributed by atoms with van der Waals surface area (Å²) in [7, 11) is 0. The van der Waals surface area contributed by atoms with Gasteiger partial charge in [0.25, 0.3) is 0 Å². The van der Waals surface area contributed by atoms with Gasteiger partial charge in [-0.25, -0.2) is 0 Å². The van der Waals surface area contributed by atoms with E-state index in [4.69, 9.17) is 5.73 Å². The monoisotopic (exact) mass is 245 g/mol. The first-order valence-electron chi connectivity index (χ1n) is 7.22. The van der Waals surface area contributed by atoms with Crippen LogP contribution in [0.2, 0.25) is 0 Å². The minimum Gasteiger partial charge on any atom is -0.385 e. The fourth-order valence-corrected chi connectivity index (χ4v) is 3.38. The summed E-state index contributed by atoms with van der Waals surface area (Å²) in [5.41, 5.74) is 8.17. The van der Waals surface area contributed by atoms with Crippen LogP contribution in [0.3, 0.4) is 0 Å². The zero-order valence-corrected chi connectivity index (χ0v) is 11.0. The first-order valence-corrected chi connectivity index (χ1v) is 7.22. The van der Waals surface area contributed by atoms with Gasteiger partial charge in [-0.15, -0.1) is 0 Å². The third kappa shape index (κ3) is 1.98. The van der Waals surface area contributed by atoms with E-state index in [1.807, 2.05) is 0 Å². The smallest absolute Gasteiger partial charge is 0.0899 e. The first-order chi connectivity index (χ1) is 8.69. The Balaban J connectivity index is 1.94. The standard InChI is InChI=1S/C16H23NO/c17-12-15(7-2-1-3-8-15)13-5-4-6-14(11-13)16(18)9-10-16/h4-6,11,18H,1-3,7-10,12,17H2. The predicted molar refractivity (Wildman–Crippen MR) is 73.4 cm³/mol. The molecule has 18 heavy (non-hydrogen) atoms. The van der Waals surface area contributed by atoms with E-state index in [0.29, 0.717) is 0 Å². The molecule has 0 aromatic heterocycles. The molecule has 0 radical (unpaired) electrons. The van der Waals surface area contributed by atoms with E-state index in [1.54, 1.807) is 0 Å². The van der Waals surface area contributed by atoms with Gasteiger partial charge in [0, 0.05) is 12.0 Å². The molecule has 0 aliphatic heterocycles. The molecule has 0 bridgehead atoms. The van der Waals surface area contributed by atoms with Gasteiger partial charge in [-0.1, -0.05) is 43.5 Å². The number of benzene rings is 1. The van der Waals surface area contributed by atoms with E-state index in [0.717, 1.165) is 24.9 Å². The van der Waals surface area contributed by atoms with Crippen molar-refractivity contribution in [2.75, 3.05) is 6.54 Å². The first kappa shape index (κ1) is 12.2. The van der Waals surface area contributed by atoms with E-state index in [9.17, 15) is 5.11 Å². The second-order valence-corrected chi connectivity index (χ2v) is 6.16. The zero-order chi connectivity index (χ0) is 12.6. The van der Waals surface area contributed by atoms with Gasteiger partial charge in [0.15, 0.2) is 0 Å². The molecular weight excluding hydrogens is 222 g/mol. The quantitative estimate of drug-likeness (QED) is 0.860. The lowest BCUT2D eigenvalue weighted by Gasteiger charge is -2.37. The molecule has 2 fully saturated rings. The topological polar surface area (TPSA) is 46.2 Å². The molecule has 2 saturated carbocycles. The second-order valence-electron chi connectivity index (χ2n) is 6.16. The summed E-state index contributed by atoms with van der Waals surface area (Å²) in [6.07, 6.45) is 8.12. The van der Waals surface area contributed by atoms with Crippen LogP contribution in [0.1, 0.15) is 56.1 Å². The Bertz CT molecular complexity index is 430. The Hall–Kier alpha value is -0.860. The minimum atomic E-state index is -0.527. The molecule has 3 rings (SSSR count). The van der Waals surface area contributed by atoms with Gasteiger partial charge in [-0.3, -0.25) is 0 Å². The number of rotatable bonds is 3. The van der Waals surface area contributed by atoms with E-state index in [-0.39, 0.29) is 5.41 Å². The lowest BCUT2D eigenvalue weighted by atomic mass is 9.69. The SMILES string of the molecule is NCC1(c2cccc(C3(O)CC3)c2)CCCCC1. The zero-order valence-electron chi connectivity index (χ0n) is 11.0. The molecule has 2 aliphatic rings. The fraction of sp³-hybridized carbons (Fsp3) is 0.625. The van der Waals surface area contributed by atoms with Gasteiger partial charge in [0.2, 0.25) is 0 Å². The predicted octanol–water partition coefficient (Wildman–Crippen LogP) is 2.83. The number of nitrogens with two attached hydrogens (primary N) is 1. The lowest BCUT2D eigenvalue weighted by Crippen LogP contribution is -2.37. The Morgan fingerprint density at radius 3 is 2.28 bits per heavy atom. The third-order valence-corrected chi connectivity index (χ3v) is 4.94. The molecule has 1 aromatic carbocycles. The highest BCUT2D eigenvalue weighted by atomic mass is 16.3. The normalized spacial score (nSPS) is 24.8. The summed E-state index contributed by atoms with van der Waals surface area (Å²) in [5.74, 6) is 0. The molecule has 0 atom stereocenters. The van der Waals surface area contributed by atoms with Gasteiger partial charge < -0.3 is 10.8 Å². The van der Waals surface area contributed by atoms with Crippen molar-refractivity contribution in [2.45, 2.75) is 56.0 Å². The summed E-state index contributed by atoms with van der Waals surface area (Å²) >= 11 is 0. The number of hydrogen-bond donors (Lipinski definition) is 2. The van der Waals surface area contributed by atoms with Crippen LogP contribution >= 0.6 is 0 Å². The molecule has 0 amide bonds. The molecule has 2 nitrogen and oxygen atoms in total. The third-order valence-electron chi connectivity index (χ3n) is 4.94. The lowest BCUT2D eigenvalue weighted by molar-refractivity contribution is 0.151.